The summed E-state index contributed by atoms with van der Waals surface area (Å²) >= 11 is 0. The molecule has 0 aromatic heterocycles. The van der Waals surface area contributed by atoms with Crippen molar-refractivity contribution in [2.45, 2.75) is 44.2 Å². The molecule has 188 valence electrons. The number of benzene rings is 2. The van der Waals surface area contributed by atoms with Crippen LogP contribution >= 0.6 is 0 Å². The fraction of sp³-hybridized carbons (Fsp3) is 0.480. The summed E-state index contributed by atoms with van der Waals surface area (Å²) in [5.41, 5.74) is -0.244. The van der Waals surface area contributed by atoms with E-state index in [1.54, 1.807) is 9.80 Å². The third-order valence-corrected chi connectivity index (χ3v) is 6.79. The zero-order valence-electron chi connectivity index (χ0n) is 19.3. The molecule has 4 rings (SSSR count). The second kappa shape index (κ2) is 10.5. The zero-order chi connectivity index (χ0) is 25.0. The van der Waals surface area contributed by atoms with Gasteiger partial charge < -0.3 is 14.5 Å². The van der Waals surface area contributed by atoms with Gasteiger partial charge in [-0.1, -0.05) is 31.4 Å². The lowest BCUT2D eigenvalue weighted by molar-refractivity contribution is -0.384. The Bertz CT molecular complexity index is 1040. The highest BCUT2D eigenvalue weighted by atomic mass is 19.4. The normalized spacial score (nSPS) is 17.3. The van der Waals surface area contributed by atoms with Gasteiger partial charge in [-0.25, -0.2) is 0 Å². The minimum atomic E-state index is -4.66. The lowest BCUT2D eigenvalue weighted by atomic mass is 9.84. The highest BCUT2D eigenvalue weighted by molar-refractivity contribution is 5.78. The fourth-order valence-corrected chi connectivity index (χ4v) is 4.82. The molecule has 2 aliphatic rings. The van der Waals surface area contributed by atoms with Crippen molar-refractivity contribution < 1.29 is 27.6 Å². The second-order valence-corrected chi connectivity index (χ2v) is 9.02. The van der Waals surface area contributed by atoms with Gasteiger partial charge in [-0.05, 0) is 48.6 Å². The van der Waals surface area contributed by atoms with Crippen molar-refractivity contribution in [2.75, 3.05) is 37.7 Å². The number of piperazine rings is 1. The summed E-state index contributed by atoms with van der Waals surface area (Å²) in [6.07, 6.45) is 1.58. The van der Waals surface area contributed by atoms with Crippen LogP contribution in [-0.2, 0) is 11.0 Å². The molecule has 1 saturated carbocycles. The molecule has 1 saturated heterocycles. The van der Waals surface area contributed by atoms with Crippen LogP contribution in [-0.4, -0.2) is 48.5 Å². The van der Waals surface area contributed by atoms with Gasteiger partial charge in [-0.3, -0.25) is 14.9 Å². The summed E-state index contributed by atoms with van der Waals surface area (Å²) in [6.45, 7) is 1.01. The fourth-order valence-electron chi connectivity index (χ4n) is 4.82. The number of hydrogen-bond donors (Lipinski definition) is 0. The molecule has 0 spiro atoms. The van der Waals surface area contributed by atoms with E-state index in [1.165, 1.54) is 37.7 Å². The average molecular weight is 492 g/mol. The molecule has 0 bridgehead atoms. The molecule has 1 heterocycles. The van der Waals surface area contributed by atoms with Gasteiger partial charge in [0, 0.05) is 32.2 Å². The minimum Gasteiger partial charge on any atom is -0.484 e. The largest absolute Gasteiger partial charge is 0.484 e. The zero-order valence-corrected chi connectivity index (χ0v) is 19.3. The molecule has 1 amide bonds. The third-order valence-electron chi connectivity index (χ3n) is 6.79. The maximum absolute atomic E-state index is 13.0. The standard InChI is InChI=1S/C25H28F3N3O4/c26-25(27,28)20-8-11-22(23(16-20)31(33)34)29-12-14-30(15-13-29)24(32)17-35-21-9-6-19(7-10-21)18-4-2-1-3-5-18/h6-11,16,18H,1-5,12-15,17H2. The van der Waals surface area contributed by atoms with Gasteiger partial charge in [0.1, 0.15) is 11.4 Å². The molecule has 0 N–H and O–H groups in total. The molecular weight excluding hydrogens is 463 g/mol. The smallest absolute Gasteiger partial charge is 0.416 e. The maximum atomic E-state index is 13.0. The van der Waals surface area contributed by atoms with Crippen molar-refractivity contribution in [3.05, 3.63) is 63.7 Å². The van der Waals surface area contributed by atoms with Crippen molar-refractivity contribution in [1.29, 1.82) is 0 Å². The number of nitro groups is 1. The molecule has 0 atom stereocenters. The molecular formula is C25H28F3N3O4. The van der Waals surface area contributed by atoms with Crippen molar-refractivity contribution >= 4 is 17.3 Å². The number of carbonyl (C=O) groups is 1. The number of anilines is 1. The van der Waals surface area contributed by atoms with Crippen LogP contribution in [0, 0.1) is 10.1 Å². The minimum absolute atomic E-state index is 0.115. The first-order valence-electron chi connectivity index (χ1n) is 11.8. The number of carbonyl (C=O) groups excluding carboxylic acids is 1. The molecule has 2 aromatic rings. The monoisotopic (exact) mass is 491 g/mol. The summed E-state index contributed by atoms with van der Waals surface area (Å²) in [5.74, 6) is 1.01. The number of nitrogens with zero attached hydrogens (tertiary/aromatic N) is 3. The Kier molecular flexibility index (Phi) is 7.47. The lowest BCUT2D eigenvalue weighted by Crippen LogP contribution is -2.50. The lowest BCUT2D eigenvalue weighted by Gasteiger charge is -2.35. The van der Waals surface area contributed by atoms with Crippen molar-refractivity contribution in [3.63, 3.8) is 0 Å². The molecule has 2 aromatic carbocycles. The Balaban J connectivity index is 1.30. The Labute approximate surface area is 201 Å². The van der Waals surface area contributed by atoms with Crippen LogP contribution in [0.1, 0.15) is 49.1 Å². The van der Waals surface area contributed by atoms with Gasteiger partial charge in [0.25, 0.3) is 11.6 Å². The Morgan fingerprint density at radius 1 is 1.00 bits per heavy atom. The van der Waals surface area contributed by atoms with E-state index < -0.39 is 22.4 Å². The van der Waals surface area contributed by atoms with Gasteiger partial charge in [0.05, 0.1) is 10.5 Å². The Morgan fingerprint density at radius 2 is 1.66 bits per heavy atom. The molecule has 0 unspecified atom stereocenters. The quantitative estimate of drug-likeness (QED) is 0.400. The van der Waals surface area contributed by atoms with Crippen LogP contribution in [0.3, 0.4) is 0 Å². The predicted octanol–water partition coefficient (Wildman–Crippen LogP) is 5.39. The highest BCUT2D eigenvalue weighted by Crippen LogP contribution is 2.37. The molecule has 1 aliphatic carbocycles. The van der Waals surface area contributed by atoms with Gasteiger partial charge in [0.2, 0.25) is 0 Å². The van der Waals surface area contributed by atoms with Gasteiger partial charge >= 0.3 is 6.18 Å². The third kappa shape index (κ3) is 6.04. The summed E-state index contributed by atoms with van der Waals surface area (Å²) in [6, 6.07) is 10.4. The summed E-state index contributed by atoms with van der Waals surface area (Å²) in [4.78, 5) is 26.4. The van der Waals surface area contributed by atoms with E-state index in [9.17, 15) is 28.1 Å². The van der Waals surface area contributed by atoms with Crippen LogP contribution in [0.5, 0.6) is 5.75 Å². The molecule has 35 heavy (non-hydrogen) atoms. The topological polar surface area (TPSA) is 75.9 Å². The van der Waals surface area contributed by atoms with Crippen LogP contribution in [0.25, 0.3) is 0 Å². The van der Waals surface area contributed by atoms with Gasteiger partial charge in [-0.2, -0.15) is 13.2 Å². The summed E-state index contributed by atoms with van der Waals surface area (Å²) in [7, 11) is 0. The van der Waals surface area contributed by atoms with Crippen LogP contribution in [0.4, 0.5) is 24.5 Å². The first-order valence-corrected chi connectivity index (χ1v) is 11.8. The van der Waals surface area contributed by atoms with Gasteiger partial charge in [-0.15, -0.1) is 0 Å². The SMILES string of the molecule is O=C(COc1ccc(C2CCCCC2)cc1)N1CCN(c2ccc(C(F)(F)F)cc2[N+](=O)[O-])CC1. The van der Waals surface area contributed by atoms with E-state index in [0.29, 0.717) is 30.8 Å². The van der Waals surface area contributed by atoms with E-state index in [1.807, 2.05) is 12.1 Å². The van der Waals surface area contributed by atoms with Crippen LogP contribution in [0.15, 0.2) is 42.5 Å². The molecule has 2 fully saturated rings. The number of rotatable bonds is 6. The number of hydrogen-bond acceptors (Lipinski definition) is 5. The number of halogens is 3. The van der Waals surface area contributed by atoms with E-state index in [2.05, 4.69) is 12.1 Å². The Morgan fingerprint density at radius 3 is 2.26 bits per heavy atom. The molecule has 1 aliphatic heterocycles. The van der Waals surface area contributed by atoms with E-state index >= 15 is 0 Å². The maximum Gasteiger partial charge on any atom is 0.416 e. The number of ether oxygens (including phenoxy) is 1. The molecule has 7 nitrogen and oxygen atoms in total. The van der Waals surface area contributed by atoms with E-state index in [0.717, 1.165) is 12.1 Å². The first-order chi connectivity index (χ1) is 16.7. The van der Waals surface area contributed by atoms with Crippen molar-refractivity contribution in [2.24, 2.45) is 0 Å². The Hall–Kier alpha value is -3.30. The van der Waals surface area contributed by atoms with Crippen LogP contribution in [0.2, 0.25) is 0 Å². The molecule has 10 heteroatoms. The average Bonchev–Trinajstić information content (AvgIpc) is 2.87. The molecule has 0 radical (unpaired) electrons. The van der Waals surface area contributed by atoms with Crippen LogP contribution < -0.4 is 9.64 Å². The second-order valence-electron chi connectivity index (χ2n) is 9.02. The summed E-state index contributed by atoms with van der Waals surface area (Å²) in [5, 5.41) is 11.4. The van der Waals surface area contributed by atoms with E-state index in [-0.39, 0.29) is 31.3 Å². The van der Waals surface area contributed by atoms with Crippen molar-refractivity contribution in [1.82, 2.24) is 4.90 Å². The number of alkyl halides is 3. The predicted molar refractivity (Wildman–Crippen MR) is 125 cm³/mol. The van der Waals surface area contributed by atoms with E-state index in [4.69, 9.17) is 4.74 Å². The highest BCUT2D eigenvalue weighted by Gasteiger charge is 2.34. The number of nitro benzene ring substituents is 1. The van der Waals surface area contributed by atoms with Crippen molar-refractivity contribution in [3.8, 4) is 5.75 Å². The number of amides is 1. The summed E-state index contributed by atoms with van der Waals surface area (Å²) < 4.78 is 44.5. The van der Waals surface area contributed by atoms with Gasteiger partial charge in [0.15, 0.2) is 6.61 Å². The first kappa shape index (κ1) is 24.8.